The van der Waals surface area contributed by atoms with Crippen molar-refractivity contribution in [3.8, 4) is 0 Å². The van der Waals surface area contributed by atoms with Crippen molar-refractivity contribution >= 4 is 35.1 Å². The Balaban J connectivity index is 1.37. The minimum Gasteiger partial charge on any atom is -0.256 e. The number of hydrogen-bond donors (Lipinski definition) is 0. The largest absolute Gasteiger partial charge is 0.256 e. The fourth-order valence-corrected chi connectivity index (χ4v) is 6.57. The highest BCUT2D eigenvalue weighted by Gasteiger charge is 2.51. The van der Waals surface area contributed by atoms with Crippen LogP contribution in [-0.2, 0) is 5.41 Å². The molecule has 6 rings (SSSR count). The predicted molar refractivity (Wildman–Crippen MR) is 110 cm³/mol. The lowest BCUT2D eigenvalue weighted by molar-refractivity contribution is -0.00518. The molecule has 1 nitrogen and oxygen atoms in total. The number of rotatable bonds is 3. The van der Waals surface area contributed by atoms with E-state index in [1.165, 1.54) is 38.5 Å². The first-order valence-electron chi connectivity index (χ1n) is 9.69. The second-order valence-electron chi connectivity index (χ2n) is 8.67. The molecule has 4 aliphatic rings. The Labute approximate surface area is 165 Å². The minimum absolute atomic E-state index is 0.455. The molecule has 4 aliphatic carbocycles. The predicted octanol–water partition coefficient (Wildman–Crippen LogP) is 7.21. The molecule has 0 aromatic heterocycles. The molecule has 4 fully saturated rings. The third-order valence-electron chi connectivity index (χ3n) is 6.83. The Hall–Kier alpha value is -1.31. The molecule has 2 aromatic carbocycles. The number of benzene rings is 2. The van der Waals surface area contributed by atoms with Gasteiger partial charge in [-0.1, -0.05) is 41.4 Å². The summed E-state index contributed by atoms with van der Waals surface area (Å²) >= 11 is 12.2. The van der Waals surface area contributed by atoms with Gasteiger partial charge >= 0.3 is 0 Å². The standard InChI is InChI=1S/C23H23Cl2N/c24-20-4-1-18(22(25)10-20)14-26-21-5-2-19(3-6-21)23-11-15-7-16(12-23)9-17(8-15)13-23/h1-6,10,14-17H,7-9,11-13H2. The molecular weight excluding hydrogens is 361 g/mol. The van der Waals surface area contributed by atoms with Gasteiger partial charge in [0.1, 0.15) is 0 Å². The Bertz CT molecular complexity index is 818. The van der Waals surface area contributed by atoms with Gasteiger partial charge in [-0.25, -0.2) is 0 Å². The third kappa shape index (κ3) is 3.00. The molecule has 26 heavy (non-hydrogen) atoms. The highest BCUT2D eigenvalue weighted by Crippen LogP contribution is 2.60. The maximum absolute atomic E-state index is 6.22. The summed E-state index contributed by atoms with van der Waals surface area (Å²) in [7, 11) is 0. The average molecular weight is 384 g/mol. The summed E-state index contributed by atoms with van der Waals surface area (Å²) in [5.74, 6) is 2.93. The van der Waals surface area contributed by atoms with Gasteiger partial charge in [0.05, 0.1) is 10.7 Å². The molecule has 0 N–H and O–H groups in total. The summed E-state index contributed by atoms with van der Waals surface area (Å²) in [5.41, 5.74) is 3.86. The minimum atomic E-state index is 0.455. The number of nitrogens with zero attached hydrogens (tertiary/aromatic N) is 1. The summed E-state index contributed by atoms with van der Waals surface area (Å²) in [5, 5.41) is 1.28. The third-order valence-corrected chi connectivity index (χ3v) is 7.40. The Morgan fingerprint density at radius 3 is 2.04 bits per heavy atom. The van der Waals surface area contributed by atoms with Crippen LogP contribution >= 0.6 is 23.2 Å². The van der Waals surface area contributed by atoms with Crippen molar-refractivity contribution in [1.29, 1.82) is 0 Å². The van der Waals surface area contributed by atoms with Crippen molar-refractivity contribution in [3.63, 3.8) is 0 Å². The molecule has 4 saturated carbocycles. The van der Waals surface area contributed by atoms with Crippen LogP contribution in [0.3, 0.4) is 0 Å². The van der Waals surface area contributed by atoms with Crippen LogP contribution in [0.25, 0.3) is 0 Å². The first-order chi connectivity index (χ1) is 12.6. The summed E-state index contributed by atoms with van der Waals surface area (Å²) in [6.07, 6.45) is 10.5. The summed E-state index contributed by atoms with van der Waals surface area (Å²) in [6.45, 7) is 0. The second kappa shape index (κ2) is 6.39. The highest BCUT2D eigenvalue weighted by atomic mass is 35.5. The zero-order valence-corrected chi connectivity index (χ0v) is 16.3. The molecule has 0 spiro atoms. The van der Waals surface area contributed by atoms with Crippen LogP contribution in [0, 0.1) is 17.8 Å². The van der Waals surface area contributed by atoms with E-state index in [-0.39, 0.29) is 0 Å². The van der Waals surface area contributed by atoms with Crippen molar-refractivity contribution in [1.82, 2.24) is 0 Å². The van der Waals surface area contributed by atoms with Gasteiger partial charge in [-0.3, -0.25) is 4.99 Å². The van der Waals surface area contributed by atoms with E-state index in [2.05, 4.69) is 29.3 Å². The lowest BCUT2D eigenvalue weighted by Gasteiger charge is -2.57. The van der Waals surface area contributed by atoms with Crippen molar-refractivity contribution in [2.45, 2.75) is 43.9 Å². The van der Waals surface area contributed by atoms with Crippen molar-refractivity contribution in [2.75, 3.05) is 0 Å². The van der Waals surface area contributed by atoms with Gasteiger partial charge in [-0.15, -0.1) is 0 Å². The van der Waals surface area contributed by atoms with E-state index in [9.17, 15) is 0 Å². The highest BCUT2D eigenvalue weighted by molar-refractivity contribution is 6.36. The van der Waals surface area contributed by atoms with E-state index in [1.807, 2.05) is 18.3 Å². The van der Waals surface area contributed by atoms with E-state index in [1.54, 1.807) is 11.6 Å². The molecule has 0 atom stereocenters. The van der Waals surface area contributed by atoms with Crippen LogP contribution < -0.4 is 0 Å². The summed E-state index contributed by atoms with van der Waals surface area (Å²) in [6, 6.07) is 14.5. The molecule has 0 radical (unpaired) electrons. The average Bonchev–Trinajstić information content (AvgIpc) is 2.60. The molecule has 0 amide bonds. The van der Waals surface area contributed by atoms with Gasteiger partial charge in [0.15, 0.2) is 0 Å². The molecule has 0 aliphatic heterocycles. The van der Waals surface area contributed by atoms with Gasteiger partial charge in [-0.2, -0.15) is 0 Å². The monoisotopic (exact) mass is 383 g/mol. The molecule has 134 valence electrons. The zero-order chi connectivity index (χ0) is 17.7. The fraction of sp³-hybridized carbons (Fsp3) is 0.435. The molecule has 0 heterocycles. The van der Waals surface area contributed by atoms with E-state index >= 15 is 0 Å². The van der Waals surface area contributed by atoms with Crippen molar-refractivity contribution in [2.24, 2.45) is 22.7 Å². The van der Waals surface area contributed by atoms with Crippen molar-refractivity contribution < 1.29 is 0 Å². The number of aliphatic imine (C=N–C) groups is 1. The van der Waals surface area contributed by atoms with Gasteiger partial charge in [0, 0.05) is 16.8 Å². The smallest absolute Gasteiger partial charge is 0.0630 e. The summed E-state index contributed by atoms with van der Waals surface area (Å²) in [4.78, 5) is 4.60. The maximum Gasteiger partial charge on any atom is 0.0630 e. The molecule has 4 bridgehead atoms. The lowest BCUT2D eigenvalue weighted by Crippen LogP contribution is -2.48. The molecule has 0 saturated heterocycles. The van der Waals surface area contributed by atoms with Gasteiger partial charge < -0.3 is 0 Å². The van der Waals surface area contributed by atoms with Crippen molar-refractivity contribution in [3.05, 3.63) is 63.6 Å². The topological polar surface area (TPSA) is 12.4 Å². The lowest BCUT2D eigenvalue weighted by atomic mass is 9.48. The Morgan fingerprint density at radius 1 is 0.846 bits per heavy atom. The molecule has 3 heteroatoms. The van der Waals surface area contributed by atoms with Crippen LogP contribution in [0.1, 0.15) is 49.7 Å². The van der Waals surface area contributed by atoms with Gasteiger partial charge in [-0.05, 0) is 91.5 Å². The Kier molecular flexibility index (Phi) is 4.14. The normalized spacial score (nSPS) is 32.5. The number of halogens is 2. The fourth-order valence-electron chi connectivity index (χ4n) is 6.12. The van der Waals surface area contributed by atoms with Crippen LogP contribution in [-0.4, -0.2) is 6.21 Å². The molecule has 0 unspecified atom stereocenters. The molecule has 2 aromatic rings. The van der Waals surface area contributed by atoms with Crippen LogP contribution in [0.15, 0.2) is 47.5 Å². The van der Waals surface area contributed by atoms with Gasteiger partial charge in [0.2, 0.25) is 0 Å². The SMILES string of the molecule is Clc1ccc(C=Nc2ccc(C34CC5CC(CC(C5)C3)C4)cc2)c(Cl)c1. The molecular formula is C23H23Cl2N. The number of hydrogen-bond acceptors (Lipinski definition) is 1. The van der Waals surface area contributed by atoms with Crippen LogP contribution in [0.5, 0.6) is 0 Å². The van der Waals surface area contributed by atoms with E-state index in [0.29, 0.717) is 15.5 Å². The first kappa shape index (κ1) is 16.8. The van der Waals surface area contributed by atoms with Crippen LogP contribution in [0.2, 0.25) is 10.0 Å². The zero-order valence-electron chi connectivity index (χ0n) is 14.8. The maximum atomic E-state index is 6.22. The first-order valence-corrected chi connectivity index (χ1v) is 10.4. The van der Waals surface area contributed by atoms with E-state index in [0.717, 1.165) is 29.0 Å². The van der Waals surface area contributed by atoms with E-state index in [4.69, 9.17) is 23.2 Å². The second-order valence-corrected chi connectivity index (χ2v) is 9.51. The summed E-state index contributed by atoms with van der Waals surface area (Å²) < 4.78 is 0. The van der Waals surface area contributed by atoms with Gasteiger partial charge in [0.25, 0.3) is 0 Å². The van der Waals surface area contributed by atoms with E-state index < -0.39 is 0 Å². The Morgan fingerprint density at radius 2 is 1.46 bits per heavy atom. The quantitative estimate of drug-likeness (QED) is 0.496. The van der Waals surface area contributed by atoms with Crippen LogP contribution in [0.4, 0.5) is 5.69 Å².